The molecule has 4 aromatic rings. The number of fused-ring (bicyclic) bond motifs is 5. The van der Waals surface area contributed by atoms with Crippen LogP contribution in [0.1, 0.15) is 43.2 Å². The third kappa shape index (κ3) is 2.77. The summed E-state index contributed by atoms with van der Waals surface area (Å²) >= 11 is -0.184. The monoisotopic (exact) mass is 562 g/mol. The van der Waals surface area contributed by atoms with Gasteiger partial charge in [0.15, 0.2) is 0 Å². The van der Waals surface area contributed by atoms with Crippen molar-refractivity contribution in [3.63, 3.8) is 0 Å². The number of Topliss-reactive ketones (excluding diaryl/α,β-unsaturated/α-hetero) is 2. The summed E-state index contributed by atoms with van der Waals surface area (Å²) in [7, 11) is -1.99. The van der Waals surface area contributed by atoms with E-state index in [1.165, 1.54) is 16.1 Å². The van der Waals surface area contributed by atoms with Crippen LogP contribution in [-0.2, 0) is 5.41 Å². The van der Waals surface area contributed by atoms with Crippen molar-refractivity contribution in [2.45, 2.75) is 25.4 Å². The van der Waals surface area contributed by atoms with Crippen molar-refractivity contribution in [2.24, 2.45) is 0 Å². The van der Waals surface area contributed by atoms with Crippen LogP contribution < -0.4 is 15.3 Å². The van der Waals surface area contributed by atoms with Crippen LogP contribution in [0.4, 0.5) is 15.9 Å². The van der Waals surface area contributed by atoms with Gasteiger partial charge in [0.05, 0.1) is 0 Å². The molecule has 0 spiro atoms. The van der Waals surface area contributed by atoms with Crippen molar-refractivity contribution in [2.75, 3.05) is 4.90 Å². The zero-order valence-electron chi connectivity index (χ0n) is 20.6. The topological polar surface area (TPSA) is 61.2 Å². The van der Waals surface area contributed by atoms with E-state index in [1.54, 1.807) is 30.3 Å². The van der Waals surface area contributed by atoms with Crippen molar-refractivity contribution in [3.05, 3.63) is 105 Å². The number of rotatable bonds is 1. The SMILES string of the molecule is CC1(C#N)c2cc(C=C3C(=O)c4ccccc4C3=O)[se]c2N2c3ccccc3[Si](C)(C)c3cccc1c32. The van der Waals surface area contributed by atoms with Crippen LogP contribution in [0.5, 0.6) is 0 Å². The van der Waals surface area contributed by atoms with Gasteiger partial charge in [-0.1, -0.05) is 0 Å². The molecule has 0 radical (unpaired) electrons. The normalized spacial score (nSPS) is 20.1. The fraction of sp³-hybridized carbons (Fsp3) is 0.129. The molecule has 0 saturated heterocycles. The number of carbonyl (C=O) groups is 2. The van der Waals surface area contributed by atoms with Gasteiger partial charge in [-0.05, 0) is 0 Å². The average molecular weight is 562 g/mol. The van der Waals surface area contributed by atoms with Gasteiger partial charge < -0.3 is 0 Å². The van der Waals surface area contributed by atoms with Gasteiger partial charge in [-0.3, -0.25) is 0 Å². The Bertz CT molecular complexity index is 1750. The Kier molecular flexibility index (Phi) is 4.49. The summed E-state index contributed by atoms with van der Waals surface area (Å²) in [5.41, 5.74) is 4.70. The first-order valence-electron chi connectivity index (χ1n) is 12.3. The molecule has 0 N–H and O–H groups in total. The number of nitriles is 1. The van der Waals surface area contributed by atoms with Crippen molar-refractivity contribution in [3.8, 4) is 6.07 Å². The summed E-state index contributed by atoms with van der Waals surface area (Å²) < 4.78 is 2.06. The molecule has 0 saturated carbocycles. The average Bonchev–Trinajstić information content (AvgIpc) is 3.44. The summed E-state index contributed by atoms with van der Waals surface area (Å²) in [6.45, 7) is 6.78. The molecule has 7 rings (SSSR count). The fourth-order valence-electron chi connectivity index (χ4n) is 6.17. The first kappa shape index (κ1) is 22.4. The molecular formula is C31H22N2O2SeSi. The minimum atomic E-state index is -1.99. The second kappa shape index (κ2) is 7.40. The standard InChI is InChI=1S/C31H22N2O2SeSi/c1-31(17-32)22-11-8-14-26-27(22)33(24-12-6-7-13-25(24)37(26,2)3)30-23(31)16-18(36-30)15-21-28(34)19-9-4-5-10-20(19)29(21)35/h4-16H,1-3H3. The molecular weight excluding hydrogens is 539 g/mol. The van der Waals surface area contributed by atoms with Gasteiger partial charge in [0, 0.05) is 0 Å². The number of hydrogen-bond acceptors (Lipinski definition) is 4. The Morgan fingerprint density at radius 1 is 0.892 bits per heavy atom. The zero-order valence-corrected chi connectivity index (χ0v) is 23.3. The molecule has 1 aliphatic carbocycles. The van der Waals surface area contributed by atoms with E-state index in [1.807, 2.05) is 6.92 Å². The second-order valence-corrected chi connectivity index (χ2v) is 17.1. The molecule has 0 bridgehead atoms. The zero-order chi connectivity index (χ0) is 25.7. The van der Waals surface area contributed by atoms with E-state index in [2.05, 4.69) is 72.6 Å². The van der Waals surface area contributed by atoms with E-state index in [0.29, 0.717) is 11.1 Å². The maximum atomic E-state index is 13.1. The van der Waals surface area contributed by atoms with Crippen LogP contribution in [0.3, 0.4) is 0 Å². The van der Waals surface area contributed by atoms with Gasteiger partial charge in [0.25, 0.3) is 0 Å². The molecule has 37 heavy (non-hydrogen) atoms. The molecule has 3 heterocycles. The van der Waals surface area contributed by atoms with Crippen LogP contribution in [0.2, 0.25) is 13.1 Å². The molecule has 0 fully saturated rings. The van der Waals surface area contributed by atoms with Crippen molar-refractivity contribution < 1.29 is 9.59 Å². The molecule has 4 nitrogen and oxygen atoms in total. The van der Waals surface area contributed by atoms with E-state index in [4.69, 9.17) is 0 Å². The van der Waals surface area contributed by atoms with Gasteiger partial charge in [-0.15, -0.1) is 0 Å². The van der Waals surface area contributed by atoms with Crippen molar-refractivity contribution in [1.82, 2.24) is 0 Å². The van der Waals surface area contributed by atoms with E-state index >= 15 is 0 Å². The Balaban J connectivity index is 1.48. The van der Waals surface area contributed by atoms with E-state index in [9.17, 15) is 14.9 Å². The van der Waals surface area contributed by atoms with Gasteiger partial charge in [-0.25, -0.2) is 0 Å². The van der Waals surface area contributed by atoms with E-state index < -0.39 is 13.5 Å². The summed E-state index contributed by atoms with van der Waals surface area (Å²) in [5.74, 6) is -0.432. The third-order valence-electron chi connectivity index (χ3n) is 8.18. The summed E-state index contributed by atoms with van der Waals surface area (Å²) in [6, 6.07) is 26.8. The maximum absolute atomic E-state index is 13.1. The van der Waals surface area contributed by atoms with Crippen molar-refractivity contribution in [1.29, 1.82) is 5.26 Å². The molecule has 3 aliphatic rings. The minimum absolute atomic E-state index is 0.184. The van der Waals surface area contributed by atoms with Crippen LogP contribution >= 0.6 is 0 Å². The number of benzene rings is 3. The van der Waals surface area contributed by atoms with Crippen LogP contribution in [0, 0.1) is 11.3 Å². The Morgan fingerprint density at radius 2 is 1.54 bits per heavy atom. The third-order valence-corrected chi connectivity index (χ3v) is 13.9. The van der Waals surface area contributed by atoms with E-state index in [0.717, 1.165) is 25.8 Å². The van der Waals surface area contributed by atoms with Crippen LogP contribution in [-0.4, -0.2) is 34.1 Å². The first-order chi connectivity index (χ1) is 17.8. The molecule has 2 aliphatic heterocycles. The summed E-state index contributed by atoms with van der Waals surface area (Å²) in [6.07, 6.45) is 1.78. The number of allylic oxidation sites excluding steroid dienone is 1. The van der Waals surface area contributed by atoms with Gasteiger partial charge in [0.2, 0.25) is 0 Å². The number of hydrogen-bond donors (Lipinski definition) is 0. The molecule has 6 heteroatoms. The molecule has 0 amide bonds. The van der Waals surface area contributed by atoms with Gasteiger partial charge in [-0.2, -0.15) is 0 Å². The Hall–Kier alpha value is -3.75. The molecule has 1 atom stereocenters. The number of nitrogens with zero attached hydrogens (tertiary/aromatic N) is 2. The molecule has 178 valence electrons. The van der Waals surface area contributed by atoms with Gasteiger partial charge >= 0.3 is 223 Å². The molecule has 3 aromatic carbocycles. The first-order valence-corrected chi connectivity index (χ1v) is 17.0. The summed E-state index contributed by atoms with van der Waals surface area (Å²) in [5, 5.41) is 13.3. The second-order valence-electron chi connectivity index (χ2n) is 10.5. The number of carbonyl (C=O) groups excluding carboxylic acids is 2. The number of anilines is 3. The van der Waals surface area contributed by atoms with Crippen molar-refractivity contribution >= 4 is 66.5 Å². The quantitative estimate of drug-likeness (QED) is 0.187. The fourth-order valence-corrected chi connectivity index (χ4v) is 11.7. The Labute approximate surface area is 222 Å². The predicted molar refractivity (Wildman–Crippen MR) is 150 cm³/mol. The summed E-state index contributed by atoms with van der Waals surface area (Å²) in [4.78, 5) is 28.6. The Morgan fingerprint density at radius 3 is 2.24 bits per heavy atom. The van der Waals surface area contributed by atoms with Crippen LogP contribution in [0.15, 0.2) is 78.4 Å². The number of para-hydroxylation sites is 2. The van der Waals surface area contributed by atoms with Gasteiger partial charge in [0.1, 0.15) is 0 Å². The van der Waals surface area contributed by atoms with E-state index in [-0.39, 0.29) is 31.6 Å². The molecule has 1 aromatic heterocycles. The van der Waals surface area contributed by atoms with Crippen LogP contribution in [0.25, 0.3) is 6.08 Å². The number of ketones is 2. The molecule has 1 unspecified atom stereocenters. The predicted octanol–water partition coefficient (Wildman–Crippen LogP) is 4.95.